The van der Waals surface area contributed by atoms with Gasteiger partial charge >= 0.3 is 0 Å². The molecule has 1 aliphatic rings. The second-order valence-electron chi connectivity index (χ2n) is 2.09. The zero-order chi connectivity index (χ0) is 6.81. The molecule has 0 radical (unpaired) electrons. The molecule has 3 nitrogen and oxygen atoms in total. The van der Waals surface area contributed by atoms with E-state index >= 15 is 0 Å². The molecule has 0 fully saturated rings. The summed E-state index contributed by atoms with van der Waals surface area (Å²) in [6, 6.07) is 0. The Hall–Kier alpha value is -1.38. The normalized spacial score (nSPS) is 14.8. The molecule has 0 unspecified atom stereocenters. The van der Waals surface area contributed by atoms with Crippen molar-refractivity contribution in [3.8, 4) is 0 Å². The summed E-state index contributed by atoms with van der Waals surface area (Å²) in [5.41, 5.74) is 0. The van der Waals surface area contributed by atoms with Crippen molar-refractivity contribution >= 4 is 6.20 Å². The van der Waals surface area contributed by atoms with Crippen molar-refractivity contribution < 1.29 is 0 Å². The van der Waals surface area contributed by atoms with E-state index in [4.69, 9.17) is 0 Å². The second kappa shape index (κ2) is 2.10. The summed E-state index contributed by atoms with van der Waals surface area (Å²) in [6.45, 7) is 0. The Kier molecular flexibility index (Phi) is 1.13. The smallest absolute Gasteiger partial charge is 0.138 e. The zero-order valence-electron chi connectivity index (χ0n) is 5.44. The molecular formula is C7H7N3. The molecular weight excluding hydrogens is 126 g/mol. The Morgan fingerprint density at radius 2 is 2.40 bits per heavy atom. The van der Waals surface area contributed by atoms with E-state index in [-0.39, 0.29) is 0 Å². The lowest BCUT2D eigenvalue weighted by Gasteiger charge is -1.91. The third-order valence-corrected chi connectivity index (χ3v) is 1.42. The molecule has 0 N–H and O–H groups in total. The maximum absolute atomic E-state index is 4.07. The number of rotatable bonds is 0. The third-order valence-electron chi connectivity index (χ3n) is 1.42. The van der Waals surface area contributed by atoms with Gasteiger partial charge in [-0.2, -0.15) is 5.10 Å². The van der Waals surface area contributed by atoms with Crippen LogP contribution in [0.3, 0.4) is 0 Å². The number of aromatic nitrogens is 3. The quantitative estimate of drug-likeness (QED) is 0.525. The van der Waals surface area contributed by atoms with Gasteiger partial charge in [0.15, 0.2) is 0 Å². The van der Waals surface area contributed by atoms with E-state index < -0.39 is 0 Å². The highest BCUT2D eigenvalue weighted by Gasteiger charge is 1.98. The number of fused-ring (bicyclic) bond motifs is 1. The van der Waals surface area contributed by atoms with Crippen LogP contribution in [0.5, 0.6) is 0 Å². The summed E-state index contributed by atoms with van der Waals surface area (Å²) < 4.78 is 1.78. The molecule has 1 aromatic heterocycles. The van der Waals surface area contributed by atoms with Crippen LogP contribution in [0.1, 0.15) is 5.82 Å². The van der Waals surface area contributed by atoms with Crippen molar-refractivity contribution in [2.24, 2.45) is 0 Å². The molecule has 0 atom stereocenters. The van der Waals surface area contributed by atoms with Gasteiger partial charge < -0.3 is 0 Å². The topological polar surface area (TPSA) is 30.7 Å². The van der Waals surface area contributed by atoms with Gasteiger partial charge in [0.05, 0.1) is 0 Å². The second-order valence-corrected chi connectivity index (χ2v) is 2.09. The van der Waals surface area contributed by atoms with Gasteiger partial charge in [-0.25, -0.2) is 9.67 Å². The molecule has 3 heteroatoms. The first-order chi connectivity index (χ1) is 4.97. The van der Waals surface area contributed by atoms with E-state index in [1.807, 2.05) is 18.4 Å². The molecule has 10 heavy (non-hydrogen) atoms. The fourth-order valence-electron chi connectivity index (χ4n) is 0.928. The Bertz CT molecular complexity index is 283. The third kappa shape index (κ3) is 0.757. The van der Waals surface area contributed by atoms with Crippen LogP contribution in [0.4, 0.5) is 0 Å². The van der Waals surface area contributed by atoms with Gasteiger partial charge in [0.2, 0.25) is 0 Å². The van der Waals surface area contributed by atoms with Crippen LogP contribution in [0.15, 0.2) is 24.6 Å². The molecule has 1 aliphatic heterocycles. The van der Waals surface area contributed by atoms with Gasteiger partial charge in [-0.3, -0.25) is 0 Å². The molecule has 2 rings (SSSR count). The first kappa shape index (κ1) is 5.41. The van der Waals surface area contributed by atoms with E-state index in [2.05, 4.69) is 16.2 Å². The summed E-state index contributed by atoms with van der Waals surface area (Å²) in [6.07, 6.45) is 10.3. The molecule has 2 heterocycles. The number of nitrogens with zero attached hydrogens (tertiary/aromatic N) is 3. The minimum atomic E-state index is 0.868. The molecule has 50 valence electrons. The summed E-state index contributed by atoms with van der Waals surface area (Å²) >= 11 is 0. The van der Waals surface area contributed by atoms with Crippen LogP contribution in [0.25, 0.3) is 6.20 Å². The average Bonchev–Trinajstić information content (AvgIpc) is 2.28. The highest BCUT2D eigenvalue weighted by molar-refractivity contribution is 5.30. The number of hydrogen-bond acceptors (Lipinski definition) is 2. The standard InChI is InChI=1S/C7H7N3/c1-2-4-7-8-6-9-10(7)5-3-1/h1-3,5-6H,4H2. The lowest BCUT2D eigenvalue weighted by molar-refractivity contribution is 0.868. The van der Waals surface area contributed by atoms with Crippen LogP contribution in [-0.2, 0) is 6.42 Å². The van der Waals surface area contributed by atoms with Crippen molar-refractivity contribution in [2.45, 2.75) is 6.42 Å². The summed E-state index contributed by atoms with van der Waals surface area (Å²) in [7, 11) is 0. The Morgan fingerprint density at radius 1 is 1.40 bits per heavy atom. The van der Waals surface area contributed by atoms with Gasteiger partial charge in [0, 0.05) is 12.6 Å². The zero-order valence-corrected chi connectivity index (χ0v) is 5.44. The molecule has 0 aromatic carbocycles. The first-order valence-corrected chi connectivity index (χ1v) is 3.18. The van der Waals surface area contributed by atoms with Crippen LogP contribution in [0, 0.1) is 0 Å². The molecule has 0 bridgehead atoms. The SMILES string of the molecule is C1=CCc2ncnn2C=C1. The minimum absolute atomic E-state index is 0.868. The predicted molar refractivity (Wildman–Crippen MR) is 38.2 cm³/mol. The van der Waals surface area contributed by atoms with Gasteiger partial charge in [-0.15, -0.1) is 0 Å². The Morgan fingerprint density at radius 3 is 3.40 bits per heavy atom. The van der Waals surface area contributed by atoms with E-state index in [1.165, 1.54) is 0 Å². The van der Waals surface area contributed by atoms with Gasteiger partial charge in [0.25, 0.3) is 0 Å². The molecule has 0 spiro atoms. The Balaban J connectivity index is 2.50. The van der Waals surface area contributed by atoms with Crippen molar-refractivity contribution in [2.75, 3.05) is 0 Å². The first-order valence-electron chi connectivity index (χ1n) is 3.18. The van der Waals surface area contributed by atoms with Crippen molar-refractivity contribution in [1.82, 2.24) is 14.8 Å². The molecule has 0 aliphatic carbocycles. The summed E-state index contributed by atoms with van der Waals surface area (Å²) in [5.74, 6) is 0.991. The maximum Gasteiger partial charge on any atom is 0.138 e. The maximum atomic E-state index is 4.07. The van der Waals surface area contributed by atoms with E-state index in [1.54, 1.807) is 11.0 Å². The van der Waals surface area contributed by atoms with E-state index in [0.29, 0.717) is 0 Å². The van der Waals surface area contributed by atoms with Crippen molar-refractivity contribution in [3.05, 3.63) is 30.4 Å². The molecule has 1 aromatic rings. The molecule has 0 saturated carbocycles. The van der Waals surface area contributed by atoms with Crippen LogP contribution in [-0.4, -0.2) is 14.8 Å². The van der Waals surface area contributed by atoms with Gasteiger partial charge in [-0.05, 0) is 6.08 Å². The van der Waals surface area contributed by atoms with Gasteiger partial charge in [0.1, 0.15) is 12.2 Å². The van der Waals surface area contributed by atoms with Crippen LogP contribution in [0.2, 0.25) is 0 Å². The van der Waals surface area contributed by atoms with Crippen molar-refractivity contribution in [1.29, 1.82) is 0 Å². The van der Waals surface area contributed by atoms with E-state index in [0.717, 1.165) is 12.2 Å². The largest absolute Gasteiger partial charge is 0.225 e. The average molecular weight is 133 g/mol. The number of hydrogen-bond donors (Lipinski definition) is 0. The monoisotopic (exact) mass is 133 g/mol. The van der Waals surface area contributed by atoms with Crippen LogP contribution >= 0.6 is 0 Å². The number of allylic oxidation sites excluding steroid dienone is 3. The lowest BCUT2D eigenvalue weighted by Crippen LogP contribution is -1.94. The molecule has 0 amide bonds. The summed E-state index contributed by atoms with van der Waals surface area (Å²) in [4.78, 5) is 4.07. The predicted octanol–water partition coefficient (Wildman–Crippen LogP) is 0.861. The van der Waals surface area contributed by atoms with Crippen LogP contribution < -0.4 is 0 Å². The highest BCUT2D eigenvalue weighted by Crippen LogP contribution is 2.00. The highest BCUT2D eigenvalue weighted by atomic mass is 15.3. The fourth-order valence-corrected chi connectivity index (χ4v) is 0.928. The lowest BCUT2D eigenvalue weighted by atomic mass is 10.4. The van der Waals surface area contributed by atoms with E-state index in [9.17, 15) is 0 Å². The molecule has 0 saturated heterocycles. The minimum Gasteiger partial charge on any atom is -0.225 e. The van der Waals surface area contributed by atoms with Gasteiger partial charge in [-0.1, -0.05) is 12.2 Å². The summed E-state index contributed by atoms with van der Waals surface area (Å²) in [5, 5.41) is 4.00. The van der Waals surface area contributed by atoms with Crippen molar-refractivity contribution in [3.63, 3.8) is 0 Å². The fraction of sp³-hybridized carbons (Fsp3) is 0.143. The Labute approximate surface area is 58.7 Å².